The van der Waals surface area contributed by atoms with Gasteiger partial charge >= 0.3 is 0 Å². The number of hydrogen-bond acceptors (Lipinski definition) is 2. The van der Waals surface area contributed by atoms with Gasteiger partial charge < -0.3 is 15.0 Å². The van der Waals surface area contributed by atoms with Crippen molar-refractivity contribution in [2.75, 3.05) is 19.7 Å². The number of hydrogen-bond donors (Lipinski definition) is 2. The molecule has 0 fully saturated rings. The molecule has 1 heterocycles. The van der Waals surface area contributed by atoms with Gasteiger partial charge in [-0.3, -0.25) is 4.79 Å². The molecule has 4 heteroatoms. The van der Waals surface area contributed by atoms with Gasteiger partial charge in [-0.25, -0.2) is 0 Å². The van der Waals surface area contributed by atoms with Crippen molar-refractivity contribution in [3.63, 3.8) is 0 Å². The lowest BCUT2D eigenvalue weighted by Gasteiger charge is -2.30. The molecule has 1 aromatic carbocycles. The number of nitrogens with zero attached hydrogens (tertiary/aromatic N) is 1. The summed E-state index contributed by atoms with van der Waals surface area (Å²) in [5, 5.41) is 10.2. The van der Waals surface area contributed by atoms with E-state index < -0.39 is 0 Å². The lowest BCUT2D eigenvalue weighted by atomic mass is 9.95. The van der Waals surface area contributed by atoms with E-state index in [9.17, 15) is 4.79 Å². The van der Waals surface area contributed by atoms with Crippen molar-refractivity contribution in [2.24, 2.45) is 5.41 Å². The predicted molar refractivity (Wildman–Crippen MR) is 94.5 cm³/mol. The monoisotopic (exact) mass is 316 g/mol. The Hall–Kier alpha value is -1.81. The van der Waals surface area contributed by atoms with Crippen molar-refractivity contribution in [1.82, 2.24) is 9.88 Å². The summed E-state index contributed by atoms with van der Waals surface area (Å²) in [6.07, 6.45) is 2.95. The van der Waals surface area contributed by atoms with E-state index in [1.807, 2.05) is 11.1 Å². The Bertz CT molecular complexity index is 668. The molecule has 2 rings (SSSR count). The Labute approximate surface area is 138 Å². The van der Waals surface area contributed by atoms with Crippen LogP contribution in [0.15, 0.2) is 24.4 Å². The molecule has 0 bridgehead atoms. The smallest absolute Gasteiger partial charge is 0.227 e. The summed E-state index contributed by atoms with van der Waals surface area (Å²) in [5.41, 5.74) is 3.36. The van der Waals surface area contributed by atoms with Gasteiger partial charge in [-0.1, -0.05) is 32.9 Å². The number of aliphatic hydroxyl groups is 1. The number of carbonyl (C=O) groups excluding carboxylic acids is 1. The minimum Gasteiger partial charge on any atom is -0.396 e. The Balaban J connectivity index is 2.15. The zero-order valence-corrected chi connectivity index (χ0v) is 14.6. The highest BCUT2D eigenvalue weighted by Crippen LogP contribution is 2.22. The summed E-state index contributed by atoms with van der Waals surface area (Å²) in [4.78, 5) is 17.9. The molecule has 4 nitrogen and oxygen atoms in total. The van der Waals surface area contributed by atoms with E-state index >= 15 is 0 Å². The maximum atomic E-state index is 12.7. The summed E-state index contributed by atoms with van der Waals surface area (Å²) < 4.78 is 0. The van der Waals surface area contributed by atoms with Crippen LogP contribution in [0.3, 0.4) is 0 Å². The van der Waals surface area contributed by atoms with E-state index in [1.165, 1.54) is 5.56 Å². The minimum atomic E-state index is 0.0441. The average Bonchev–Trinajstić information content (AvgIpc) is 2.84. The van der Waals surface area contributed by atoms with Crippen LogP contribution < -0.4 is 0 Å². The molecule has 0 unspecified atom stereocenters. The third-order valence-corrected chi connectivity index (χ3v) is 3.87. The third kappa shape index (κ3) is 4.83. The number of benzene rings is 1. The molecule has 23 heavy (non-hydrogen) atoms. The van der Waals surface area contributed by atoms with E-state index in [1.54, 1.807) is 0 Å². The first kappa shape index (κ1) is 17.5. The molecular formula is C19H28N2O2. The highest BCUT2D eigenvalue weighted by Gasteiger charge is 2.21. The van der Waals surface area contributed by atoms with Gasteiger partial charge in [-0.05, 0) is 36.0 Å². The van der Waals surface area contributed by atoms with Crippen LogP contribution >= 0.6 is 0 Å². The second-order valence-corrected chi connectivity index (χ2v) is 7.49. The summed E-state index contributed by atoms with van der Waals surface area (Å²) in [5.74, 6) is 0.120. The minimum absolute atomic E-state index is 0.0441. The van der Waals surface area contributed by atoms with Crippen LogP contribution in [0, 0.1) is 12.3 Å². The van der Waals surface area contributed by atoms with Gasteiger partial charge in [-0.15, -0.1) is 0 Å². The van der Waals surface area contributed by atoms with Crippen molar-refractivity contribution in [3.8, 4) is 0 Å². The Kier molecular flexibility index (Phi) is 5.47. The van der Waals surface area contributed by atoms with Crippen molar-refractivity contribution in [2.45, 2.75) is 40.5 Å². The third-order valence-electron chi connectivity index (χ3n) is 3.87. The number of aryl methyl sites for hydroxylation is 1. The number of nitrogens with one attached hydrogen (secondary N) is 1. The van der Waals surface area contributed by atoms with Crippen LogP contribution in [0.4, 0.5) is 0 Å². The van der Waals surface area contributed by atoms with E-state index in [-0.39, 0.29) is 17.9 Å². The number of aliphatic hydroxyl groups excluding tert-OH is 1. The second-order valence-electron chi connectivity index (χ2n) is 7.49. The van der Waals surface area contributed by atoms with Gasteiger partial charge in [0.05, 0.1) is 6.42 Å². The van der Waals surface area contributed by atoms with Crippen LogP contribution in [-0.2, 0) is 11.2 Å². The van der Waals surface area contributed by atoms with Crippen molar-refractivity contribution in [1.29, 1.82) is 0 Å². The van der Waals surface area contributed by atoms with E-state index in [0.29, 0.717) is 25.9 Å². The Morgan fingerprint density at radius 2 is 2.04 bits per heavy atom. The van der Waals surface area contributed by atoms with Gasteiger partial charge in [0.25, 0.3) is 0 Å². The number of aromatic amines is 1. The van der Waals surface area contributed by atoms with Crippen LogP contribution in [0.25, 0.3) is 10.9 Å². The maximum absolute atomic E-state index is 12.7. The molecule has 126 valence electrons. The molecular weight excluding hydrogens is 288 g/mol. The molecule has 1 amide bonds. The molecule has 0 aliphatic rings. The highest BCUT2D eigenvalue weighted by molar-refractivity contribution is 5.89. The van der Waals surface area contributed by atoms with Gasteiger partial charge in [-0.2, -0.15) is 0 Å². The second kappa shape index (κ2) is 7.18. The molecule has 1 aromatic heterocycles. The topological polar surface area (TPSA) is 56.3 Å². The lowest BCUT2D eigenvalue weighted by molar-refractivity contribution is -0.131. The number of amides is 1. The van der Waals surface area contributed by atoms with Gasteiger partial charge in [0.2, 0.25) is 5.91 Å². The number of H-pyrrole nitrogens is 1. The van der Waals surface area contributed by atoms with Gasteiger partial charge in [0, 0.05) is 36.8 Å². The lowest BCUT2D eigenvalue weighted by Crippen LogP contribution is -2.39. The molecule has 2 N–H and O–H groups in total. The van der Waals surface area contributed by atoms with Crippen LogP contribution in [0.5, 0.6) is 0 Å². The normalized spacial score (nSPS) is 11.9. The molecule has 0 radical (unpaired) electrons. The zero-order chi connectivity index (χ0) is 17.0. The quantitative estimate of drug-likeness (QED) is 0.859. The highest BCUT2D eigenvalue weighted by atomic mass is 16.3. The molecule has 2 aromatic rings. The van der Waals surface area contributed by atoms with Gasteiger partial charge in [0.15, 0.2) is 0 Å². The SMILES string of the molecule is Cc1ccc2c(CC(=O)N(CCCO)CC(C)(C)C)c[nH]c2c1. The largest absolute Gasteiger partial charge is 0.396 e. The molecule has 0 aliphatic carbocycles. The van der Waals surface area contributed by atoms with Crippen LogP contribution in [0.2, 0.25) is 0 Å². The maximum Gasteiger partial charge on any atom is 0.227 e. The molecule has 0 aliphatic heterocycles. The van der Waals surface area contributed by atoms with E-state index in [4.69, 9.17) is 5.11 Å². The standard InChI is InChI=1S/C19H28N2O2/c1-14-6-7-16-15(12-20-17(16)10-14)11-18(23)21(8-5-9-22)13-19(2,3)4/h6-7,10,12,20,22H,5,8-9,11,13H2,1-4H3. The fourth-order valence-electron chi connectivity index (χ4n) is 2.85. The number of fused-ring (bicyclic) bond motifs is 1. The van der Waals surface area contributed by atoms with E-state index in [2.05, 4.69) is 50.9 Å². The molecule has 0 atom stereocenters. The zero-order valence-electron chi connectivity index (χ0n) is 14.6. The molecule has 0 spiro atoms. The first-order valence-electron chi connectivity index (χ1n) is 8.25. The van der Waals surface area contributed by atoms with Crippen LogP contribution in [-0.4, -0.2) is 40.6 Å². The number of rotatable bonds is 6. The number of carbonyl (C=O) groups is 1. The summed E-state index contributed by atoms with van der Waals surface area (Å²) in [6, 6.07) is 6.25. The Morgan fingerprint density at radius 1 is 1.30 bits per heavy atom. The predicted octanol–water partition coefficient (Wildman–Crippen LogP) is 3.28. The fourth-order valence-corrected chi connectivity index (χ4v) is 2.85. The average molecular weight is 316 g/mol. The number of aromatic nitrogens is 1. The first-order valence-corrected chi connectivity index (χ1v) is 8.25. The summed E-state index contributed by atoms with van der Waals surface area (Å²) >= 11 is 0. The summed E-state index contributed by atoms with van der Waals surface area (Å²) in [7, 11) is 0. The Morgan fingerprint density at radius 3 is 2.70 bits per heavy atom. The van der Waals surface area contributed by atoms with Crippen molar-refractivity contribution < 1.29 is 9.90 Å². The van der Waals surface area contributed by atoms with E-state index in [0.717, 1.165) is 16.5 Å². The van der Waals surface area contributed by atoms with Crippen molar-refractivity contribution >= 4 is 16.8 Å². The fraction of sp³-hybridized carbons (Fsp3) is 0.526. The summed E-state index contributed by atoms with van der Waals surface area (Å²) in [6.45, 7) is 9.86. The first-order chi connectivity index (χ1) is 10.8. The molecule has 0 saturated heterocycles. The van der Waals surface area contributed by atoms with Gasteiger partial charge in [0.1, 0.15) is 0 Å². The van der Waals surface area contributed by atoms with Crippen molar-refractivity contribution in [3.05, 3.63) is 35.5 Å². The van der Waals surface area contributed by atoms with Crippen LogP contribution in [0.1, 0.15) is 38.3 Å². The molecule has 0 saturated carbocycles.